The predicted molar refractivity (Wildman–Crippen MR) is 155 cm³/mol. The topological polar surface area (TPSA) is 113 Å². The number of anilines is 1. The Kier molecular flexibility index (Phi) is 9.04. The number of nitrogens with two attached hydrogens (primary N) is 1. The minimum atomic E-state index is -3.95. The number of amides is 2. The van der Waals surface area contributed by atoms with Crippen LogP contribution in [0.1, 0.15) is 40.9 Å². The number of halogens is 3. The van der Waals surface area contributed by atoms with Crippen molar-refractivity contribution in [1.29, 1.82) is 0 Å². The van der Waals surface area contributed by atoms with Gasteiger partial charge in [-0.1, -0.05) is 54.4 Å². The normalized spacial score (nSPS) is 14.9. The Bertz CT molecular complexity index is 1450. The Balaban J connectivity index is 1.63. The van der Waals surface area contributed by atoms with Gasteiger partial charge in [0.05, 0.1) is 24.0 Å². The lowest BCUT2D eigenvalue weighted by molar-refractivity contribution is -0.119. The highest BCUT2D eigenvalue weighted by molar-refractivity contribution is 7.92. The van der Waals surface area contributed by atoms with Crippen molar-refractivity contribution in [3.05, 3.63) is 99.3 Å². The molecule has 12 heteroatoms. The third-order valence-electron chi connectivity index (χ3n) is 6.82. The molecule has 0 bridgehead atoms. The number of rotatable bonds is 10. The molecule has 2 amide bonds. The summed E-state index contributed by atoms with van der Waals surface area (Å²) < 4.78 is 42.0. The third-order valence-corrected chi connectivity index (χ3v) is 8.53. The molecule has 1 aliphatic rings. The van der Waals surface area contributed by atoms with Crippen LogP contribution in [0.3, 0.4) is 0 Å². The van der Waals surface area contributed by atoms with Crippen molar-refractivity contribution in [2.75, 3.05) is 23.7 Å². The zero-order valence-electron chi connectivity index (χ0n) is 21.9. The lowest BCUT2D eigenvalue weighted by Gasteiger charge is -2.48. The van der Waals surface area contributed by atoms with Gasteiger partial charge in [-0.05, 0) is 60.0 Å². The molecule has 40 heavy (non-hydrogen) atoms. The Morgan fingerprint density at radius 1 is 1.02 bits per heavy atom. The Morgan fingerprint density at radius 2 is 1.55 bits per heavy atom. The van der Waals surface area contributed by atoms with Gasteiger partial charge in [0.1, 0.15) is 11.9 Å². The molecule has 3 aromatic rings. The van der Waals surface area contributed by atoms with E-state index in [0.717, 1.165) is 27.8 Å². The number of primary amides is 1. The number of benzene rings is 3. The van der Waals surface area contributed by atoms with Gasteiger partial charge in [-0.3, -0.25) is 18.8 Å². The number of carbonyl (C=O) groups is 2. The minimum absolute atomic E-state index is 0.00105. The maximum Gasteiger partial charge on any atom is 0.252 e. The average molecular weight is 608 g/mol. The molecule has 8 nitrogen and oxygen atoms in total. The monoisotopic (exact) mass is 606 g/mol. The van der Waals surface area contributed by atoms with Crippen molar-refractivity contribution in [2.24, 2.45) is 5.73 Å². The molecule has 0 aliphatic carbocycles. The number of likely N-dealkylation sites (tertiary alicyclic amines) is 1. The molecular formula is C28H29Cl2FN4O4S. The van der Waals surface area contributed by atoms with E-state index < -0.39 is 39.7 Å². The first-order valence-corrected chi connectivity index (χ1v) is 15.1. The third kappa shape index (κ3) is 6.58. The molecule has 0 saturated carbocycles. The van der Waals surface area contributed by atoms with Crippen LogP contribution in [-0.4, -0.2) is 56.6 Å². The molecule has 1 aliphatic heterocycles. The number of nitrogens with zero attached hydrogens (tertiary/aromatic N) is 2. The van der Waals surface area contributed by atoms with Crippen LogP contribution in [0.15, 0.2) is 66.7 Å². The number of sulfonamides is 1. The highest BCUT2D eigenvalue weighted by Gasteiger charge is 2.41. The summed E-state index contributed by atoms with van der Waals surface area (Å²) in [7, 11) is -3.95. The largest absolute Gasteiger partial charge is 0.368 e. The first kappa shape index (κ1) is 29.8. The lowest BCUT2D eigenvalue weighted by Crippen LogP contribution is -2.61. The highest BCUT2D eigenvalue weighted by atomic mass is 35.5. The van der Waals surface area contributed by atoms with E-state index in [0.29, 0.717) is 23.1 Å². The molecule has 1 unspecified atom stereocenters. The van der Waals surface area contributed by atoms with Crippen LogP contribution in [0.5, 0.6) is 0 Å². The number of hydrogen-bond donors (Lipinski definition) is 2. The summed E-state index contributed by atoms with van der Waals surface area (Å²) in [6.07, 6.45) is 1.27. The second kappa shape index (κ2) is 12.1. The van der Waals surface area contributed by atoms with Gasteiger partial charge in [0.15, 0.2) is 0 Å². The van der Waals surface area contributed by atoms with Crippen LogP contribution < -0.4 is 15.4 Å². The van der Waals surface area contributed by atoms with Crippen molar-refractivity contribution < 1.29 is 22.4 Å². The molecule has 0 aromatic heterocycles. The number of carbonyl (C=O) groups excluding carboxylic acids is 2. The van der Waals surface area contributed by atoms with E-state index in [1.807, 2.05) is 24.3 Å². The number of nitrogens with one attached hydrogen (secondary N) is 1. The first-order chi connectivity index (χ1) is 18.9. The zero-order valence-corrected chi connectivity index (χ0v) is 24.2. The second-order valence-corrected chi connectivity index (χ2v) is 12.4. The summed E-state index contributed by atoms with van der Waals surface area (Å²) in [4.78, 5) is 26.4. The van der Waals surface area contributed by atoms with E-state index in [1.54, 1.807) is 31.2 Å². The number of hydrogen-bond acceptors (Lipinski definition) is 5. The van der Waals surface area contributed by atoms with Crippen molar-refractivity contribution in [3.63, 3.8) is 0 Å². The van der Waals surface area contributed by atoms with Crippen LogP contribution in [0.25, 0.3) is 0 Å². The van der Waals surface area contributed by atoms with Crippen LogP contribution in [-0.2, 0) is 14.8 Å². The van der Waals surface area contributed by atoms with E-state index in [4.69, 9.17) is 28.9 Å². The summed E-state index contributed by atoms with van der Waals surface area (Å²) in [5.74, 6) is -2.17. The summed E-state index contributed by atoms with van der Waals surface area (Å²) >= 11 is 12.2. The molecule has 1 heterocycles. The highest BCUT2D eigenvalue weighted by Crippen LogP contribution is 2.37. The molecule has 212 valence electrons. The average Bonchev–Trinajstić information content (AvgIpc) is 2.87. The fourth-order valence-corrected chi connectivity index (χ4v) is 6.26. The molecule has 1 atom stereocenters. The molecule has 1 saturated heterocycles. The van der Waals surface area contributed by atoms with Crippen molar-refractivity contribution in [3.8, 4) is 0 Å². The standard InChI is InChI=1S/C28H29Cl2FN4O4S/c1-3-24(27(32)36)33-28(37)19-8-13-23(31)25(14-19)35(40(2,38)39)22-15-34(16-22)26(17-4-9-20(29)10-5-17)18-6-11-21(30)12-7-18/h4-14,22,24,26H,3,15-16H2,1-2H3,(H2,32,36)(H,33,37). The Morgan fingerprint density at radius 3 is 2.00 bits per heavy atom. The van der Waals surface area contributed by atoms with Crippen LogP contribution in [0.4, 0.5) is 10.1 Å². The van der Waals surface area contributed by atoms with Crippen molar-refractivity contribution in [1.82, 2.24) is 10.2 Å². The van der Waals surface area contributed by atoms with Gasteiger partial charge in [-0.15, -0.1) is 0 Å². The van der Waals surface area contributed by atoms with E-state index in [1.165, 1.54) is 12.1 Å². The van der Waals surface area contributed by atoms with Crippen molar-refractivity contribution >= 4 is 50.7 Å². The fourth-order valence-electron chi connectivity index (χ4n) is 4.84. The molecule has 3 N–H and O–H groups in total. The molecule has 0 spiro atoms. The smallest absolute Gasteiger partial charge is 0.252 e. The molecule has 1 fully saturated rings. The SMILES string of the molecule is CCC(NC(=O)c1ccc(F)c(N(C2CN(C(c3ccc(Cl)cc3)c3ccc(Cl)cc3)C2)S(C)(=O)=O)c1)C(N)=O. The van der Waals surface area contributed by atoms with E-state index in [2.05, 4.69) is 10.2 Å². The van der Waals surface area contributed by atoms with E-state index in [-0.39, 0.29) is 23.7 Å². The van der Waals surface area contributed by atoms with Gasteiger partial charge in [-0.2, -0.15) is 0 Å². The van der Waals surface area contributed by atoms with Crippen LogP contribution in [0, 0.1) is 5.82 Å². The molecule has 0 radical (unpaired) electrons. The van der Waals surface area contributed by atoms with E-state index >= 15 is 4.39 Å². The molecule has 4 rings (SSSR count). The summed E-state index contributed by atoms with van der Waals surface area (Å²) in [5.41, 5.74) is 6.96. The molecule has 3 aromatic carbocycles. The predicted octanol–water partition coefficient (Wildman–Crippen LogP) is 4.37. The van der Waals surface area contributed by atoms with E-state index in [9.17, 15) is 18.0 Å². The summed E-state index contributed by atoms with van der Waals surface area (Å²) in [6.45, 7) is 2.26. The van der Waals surface area contributed by atoms with Gasteiger partial charge in [0.25, 0.3) is 5.91 Å². The summed E-state index contributed by atoms with van der Waals surface area (Å²) in [6, 6.07) is 16.5. The Hall–Kier alpha value is -3.18. The Labute approximate surface area is 242 Å². The first-order valence-electron chi connectivity index (χ1n) is 12.5. The maximum atomic E-state index is 15.1. The van der Waals surface area contributed by atoms with Gasteiger partial charge in [0.2, 0.25) is 15.9 Å². The van der Waals surface area contributed by atoms with Crippen LogP contribution in [0.2, 0.25) is 10.0 Å². The van der Waals surface area contributed by atoms with Crippen LogP contribution >= 0.6 is 23.2 Å². The quantitative estimate of drug-likeness (QED) is 0.356. The van der Waals surface area contributed by atoms with Gasteiger partial charge in [0, 0.05) is 28.7 Å². The van der Waals surface area contributed by atoms with Crippen molar-refractivity contribution in [2.45, 2.75) is 31.5 Å². The van der Waals surface area contributed by atoms with Gasteiger partial charge >= 0.3 is 0 Å². The lowest BCUT2D eigenvalue weighted by atomic mass is 9.93. The summed E-state index contributed by atoms with van der Waals surface area (Å²) in [5, 5.41) is 3.67. The minimum Gasteiger partial charge on any atom is -0.368 e. The maximum absolute atomic E-state index is 15.1. The fraction of sp³-hybridized carbons (Fsp3) is 0.286. The second-order valence-electron chi connectivity index (χ2n) is 9.68. The van der Waals surface area contributed by atoms with Gasteiger partial charge in [-0.25, -0.2) is 12.8 Å². The zero-order chi connectivity index (χ0) is 29.2. The molecular weight excluding hydrogens is 578 g/mol. The van der Waals surface area contributed by atoms with Gasteiger partial charge < -0.3 is 11.1 Å².